The third kappa shape index (κ3) is 4.75. The molecular weight excluding hydrogens is 466 g/mol. The second kappa shape index (κ2) is 9.50. The summed E-state index contributed by atoms with van der Waals surface area (Å²) in [5.74, 6) is 0.255. The van der Waals surface area contributed by atoms with Crippen LogP contribution < -0.4 is 5.32 Å². The maximum absolute atomic E-state index is 13.0. The number of carbonyl (C=O) groups excluding carboxylic acids is 3. The normalized spacial score (nSPS) is 22.3. The molecule has 1 spiro atoms. The van der Waals surface area contributed by atoms with Crippen LogP contribution in [0.5, 0.6) is 0 Å². The Bertz CT molecular complexity index is 1280. The number of amides is 3. The first-order chi connectivity index (χ1) is 18.0. The fraction of sp³-hybridized carbons (Fsp3) is 0.379. The Labute approximate surface area is 216 Å². The average molecular weight is 498 g/mol. The first-order valence-electron chi connectivity index (χ1n) is 13.0. The molecule has 1 N–H and O–H groups in total. The summed E-state index contributed by atoms with van der Waals surface area (Å²) in [6, 6.07) is 19.6. The number of carbonyl (C=O) groups is 3. The zero-order valence-corrected chi connectivity index (χ0v) is 20.8. The van der Waals surface area contributed by atoms with Gasteiger partial charge in [-0.25, -0.2) is 4.68 Å². The van der Waals surface area contributed by atoms with Gasteiger partial charge in [0.2, 0.25) is 17.7 Å². The van der Waals surface area contributed by atoms with E-state index in [1.807, 2.05) is 71.8 Å². The molecule has 8 heteroatoms. The third-order valence-electron chi connectivity index (χ3n) is 8.33. The van der Waals surface area contributed by atoms with E-state index >= 15 is 0 Å². The number of hydrogen-bond donors (Lipinski definition) is 1. The maximum Gasteiger partial charge on any atom is 0.242 e. The minimum absolute atomic E-state index is 0.00225. The Hall–Kier alpha value is -3.94. The minimum atomic E-state index is -0.0117. The van der Waals surface area contributed by atoms with Crippen LogP contribution in [0.1, 0.15) is 37.2 Å². The summed E-state index contributed by atoms with van der Waals surface area (Å²) < 4.78 is 1.78. The number of benzene rings is 2. The predicted octanol–water partition coefficient (Wildman–Crippen LogP) is 3.46. The van der Waals surface area contributed by atoms with Crippen LogP contribution in [0.4, 0.5) is 5.69 Å². The van der Waals surface area contributed by atoms with Gasteiger partial charge < -0.3 is 15.1 Å². The molecular formula is C29H31N5O3. The molecule has 2 aromatic carbocycles. The van der Waals surface area contributed by atoms with E-state index in [2.05, 4.69) is 10.4 Å². The zero-order valence-electron chi connectivity index (χ0n) is 20.8. The Morgan fingerprint density at radius 2 is 1.76 bits per heavy atom. The van der Waals surface area contributed by atoms with E-state index in [0.29, 0.717) is 26.1 Å². The van der Waals surface area contributed by atoms with E-state index in [1.54, 1.807) is 15.8 Å². The van der Waals surface area contributed by atoms with Gasteiger partial charge in [-0.2, -0.15) is 5.10 Å². The number of rotatable bonds is 6. The second-order valence-corrected chi connectivity index (χ2v) is 10.6. The van der Waals surface area contributed by atoms with Gasteiger partial charge in [-0.05, 0) is 60.6 Å². The first-order valence-corrected chi connectivity index (χ1v) is 13.0. The highest BCUT2D eigenvalue weighted by molar-refractivity contribution is 5.95. The van der Waals surface area contributed by atoms with Crippen molar-refractivity contribution in [2.24, 2.45) is 11.3 Å². The van der Waals surface area contributed by atoms with Crippen molar-refractivity contribution < 1.29 is 14.4 Å². The Morgan fingerprint density at radius 3 is 2.46 bits per heavy atom. The molecule has 3 amide bonds. The van der Waals surface area contributed by atoms with Crippen LogP contribution in [-0.4, -0.2) is 63.5 Å². The molecule has 3 aromatic rings. The van der Waals surface area contributed by atoms with Crippen LogP contribution in [-0.2, 0) is 14.4 Å². The molecule has 0 unspecified atom stereocenters. The molecule has 2 aliphatic heterocycles. The molecule has 3 aliphatic rings. The van der Waals surface area contributed by atoms with Crippen molar-refractivity contribution in [2.75, 3.05) is 31.5 Å². The van der Waals surface area contributed by atoms with Crippen molar-refractivity contribution in [3.05, 3.63) is 78.6 Å². The SMILES string of the molecule is O=C(Nc1ccc(-n2cccn2)cc1)[C@H]1CC12CCN(C(=O)CN1C[C@H](c3ccccc3)CC1=O)CC2. The van der Waals surface area contributed by atoms with Crippen LogP contribution in [0.2, 0.25) is 0 Å². The lowest BCUT2D eigenvalue weighted by molar-refractivity contribution is -0.139. The highest BCUT2D eigenvalue weighted by Crippen LogP contribution is 2.59. The Kier molecular flexibility index (Phi) is 6.02. The van der Waals surface area contributed by atoms with Crippen molar-refractivity contribution in [3.63, 3.8) is 0 Å². The van der Waals surface area contributed by atoms with Crippen LogP contribution in [0, 0.1) is 11.3 Å². The predicted molar refractivity (Wildman–Crippen MR) is 139 cm³/mol. The molecule has 37 heavy (non-hydrogen) atoms. The smallest absolute Gasteiger partial charge is 0.242 e. The van der Waals surface area contributed by atoms with E-state index in [0.717, 1.165) is 36.2 Å². The standard InChI is InChI=1S/C29H31N5O3/c35-26-17-22(21-5-2-1-3-6-21)19-33(26)20-27(36)32-15-11-29(12-16-32)18-25(29)28(37)31-23-7-9-24(10-8-23)34-14-4-13-30-34/h1-10,13-14,22,25H,11-12,15-20H2,(H,31,37)/t22-,25-/m1/s1. The molecule has 0 radical (unpaired) electrons. The van der Waals surface area contributed by atoms with Gasteiger partial charge in [-0.3, -0.25) is 14.4 Å². The topological polar surface area (TPSA) is 87.5 Å². The van der Waals surface area contributed by atoms with E-state index in [9.17, 15) is 14.4 Å². The minimum Gasteiger partial charge on any atom is -0.341 e. The van der Waals surface area contributed by atoms with Gasteiger partial charge in [-0.1, -0.05) is 30.3 Å². The number of anilines is 1. The molecule has 2 atom stereocenters. The lowest BCUT2D eigenvalue weighted by Crippen LogP contribution is -2.45. The van der Waals surface area contributed by atoms with Gasteiger partial charge in [0, 0.05) is 56.0 Å². The molecule has 3 fully saturated rings. The Balaban J connectivity index is 0.981. The fourth-order valence-corrected chi connectivity index (χ4v) is 5.96. The van der Waals surface area contributed by atoms with Crippen molar-refractivity contribution in [3.8, 4) is 5.69 Å². The van der Waals surface area contributed by atoms with Crippen molar-refractivity contribution in [1.82, 2.24) is 19.6 Å². The van der Waals surface area contributed by atoms with Crippen molar-refractivity contribution >= 4 is 23.4 Å². The third-order valence-corrected chi connectivity index (χ3v) is 8.33. The van der Waals surface area contributed by atoms with E-state index in [-0.39, 0.29) is 41.5 Å². The van der Waals surface area contributed by atoms with Gasteiger partial charge in [0.1, 0.15) is 0 Å². The molecule has 1 aliphatic carbocycles. The number of likely N-dealkylation sites (tertiary alicyclic amines) is 2. The largest absolute Gasteiger partial charge is 0.341 e. The number of nitrogens with zero attached hydrogens (tertiary/aromatic N) is 4. The van der Waals surface area contributed by atoms with E-state index in [1.165, 1.54) is 0 Å². The molecule has 6 rings (SSSR count). The summed E-state index contributed by atoms with van der Waals surface area (Å²) >= 11 is 0. The van der Waals surface area contributed by atoms with Crippen LogP contribution >= 0.6 is 0 Å². The van der Waals surface area contributed by atoms with E-state index in [4.69, 9.17) is 0 Å². The summed E-state index contributed by atoms with van der Waals surface area (Å²) in [5, 5.41) is 7.28. The number of aromatic nitrogens is 2. The van der Waals surface area contributed by atoms with Crippen LogP contribution in [0.3, 0.4) is 0 Å². The van der Waals surface area contributed by atoms with Gasteiger partial charge >= 0.3 is 0 Å². The molecule has 8 nitrogen and oxygen atoms in total. The summed E-state index contributed by atoms with van der Waals surface area (Å²) in [4.78, 5) is 42.0. The fourth-order valence-electron chi connectivity index (χ4n) is 5.96. The monoisotopic (exact) mass is 497 g/mol. The molecule has 1 saturated carbocycles. The van der Waals surface area contributed by atoms with Crippen molar-refractivity contribution in [1.29, 1.82) is 0 Å². The number of nitrogens with one attached hydrogen (secondary N) is 1. The van der Waals surface area contributed by atoms with Crippen LogP contribution in [0.25, 0.3) is 5.69 Å². The van der Waals surface area contributed by atoms with Gasteiger partial charge in [-0.15, -0.1) is 0 Å². The maximum atomic E-state index is 13.0. The first kappa shape index (κ1) is 23.5. The van der Waals surface area contributed by atoms with Gasteiger partial charge in [0.05, 0.1) is 12.2 Å². The highest BCUT2D eigenvalue weighted by atomic mass is 16.2. The molecule has 3 heterocycles. The summed E-state index contributed by atoms with van der Waals surface area (Å²) in [6.07, 6.45) is 6.60. The van der Waals surface area contributed by atoms with Crippen LogP contribution in [0.15, 0.2) is 73.1 Å². The molecule has 2 saturated heterocycles. The zero-order chi connectivity index (χ0) is 25.4. The molecule has 0 bridgehead atoms. The van der Waals surface area contributed by atoms with Gasteiger partial charge in [0.25, 0.3) is 0 Å². The van der Waals surface area contributed by atoms with E-state index < -0.39 is 0 Å². The number of hydrogen-bond acceptors (Lipinski definition) is 4. The summed E-state index contributed by atoms with van der Waals surface area (Å²) in [6.45, 7) is 2.03. The second-order valence-electron chi connectivity index (χ2n) is 10.6. The lowest BCUT2D eigenvalue weighted by atomic mass is 9.90. The summed E-state index contributed by atoms with van der Waals surface area (Å²) in [7, 11) is 0. The number of piperidine rings is 1. The quantitative estimate of drug-likeness (QED) is 0.565. The van der Waals surface area contributed by atoms with Crippen molar-refractivity contribution in [2.45, 2.75) is 31.6 Å². The summed E-state index contributed by atoms with van der Waals surface area (Å²) in [5.41, 5.74) is 2.86. The molecule has 190 valence electrons. The highest BCUT2D eigenvalue weighted by Gasteiger charge is 2.58. The average Bonchev–Trinajstić information content (AvgIpc) is 3.22. The van der Waals surface area contributed by atoms with Gasteiger partial charge in [0.15, 0.2) is 0 Å². The molecule has 1 aromatic heterocycles. The lowest BCUT2D eigenvalue weighted by Gasteiger charge is -2.34. The Morgan fingerprint density at radius 1 is 1.00 bits per heavy atom.